The minimum Gasteiger partial charge on any atom is -0.320 e. The first-order chi connectivity index (χ1) is 9.65. The van der Waals surface area contributed by atoms with Crippen molar-refractivity contribution in [1.82, 2.24) is 15.1 Å². The third kappa shape index (κ3) is 3.05. The SMILES string of the molecule is CCc1cc(C(=O)Nc2ccccc2CNC)n(C)n1. The van der Waals surface area contributed by atoms with Crippen molar-refractivity contribution in [2.75, 3.05) is 12.4 Å². The maximum atomic E-state index is 12.3. The lowest BCUT2D eigenvalue weighted by atomic mass is 10.1. The molecular formula is C15H20N4O. The highest BCUT2D eigenvalue weighted by Crippen LogP contribution is 2.16. The van der Waals surface area contributed by atoms with Crippen LogP contribution in [0.1, 0.15) is 28.7 Å². The Morgan fingerprint density at radius 3 is 2.75 bits per heavy atom. The molecule has 0 aliphatic carbocycles. The van der Waals surface area contributed by atoms with Crippen molar-refractivity contribution in [3.05, 3.63) is 47.3 Å². The number of aromatic nitrogens is 2. The van der Waals surface area contributed by atoms with Gasteiger partial charge in [0.05, 0.1) is 5.69 Å². The summed E-state index contributed by atoms with van der Waals surface area (Å²) in [6.45, 7) is 2.73. The molecule has 0 aliphatic rings. The minimum absolute atomic E-state index is 0.136. The van der Waals surface area contributed by atoms with Crippen LogP contribution < -0.4 is 10.6 Å². The number of para-hydroxylation sites is 1. The first kappa shape index (κ1) is 14.3. The Labute approximate surface area is 119 Å². The number of nitrogens with zero attached hydrogens (tertiary/aromatic N) is 2. The number of rotatable bonds is 5. The Morgan fingerprint density at radius 2 is 2.10 bits per heavy atom. The standard InChI is InChI=1S/C15H20N4O/c1-4-12-9-14(19(3)18-12)15(20)17-13-8-6-5-7-11(13)10-16-2/h5-9,16H,4,10H2,1-3H3,(H,17,20). The van der Waals surface area contributed by atoms with E-state index in [1.165, 1.54) is 0 Å². The van der Waals surface area contributed by atoms with E-state index in [0.717, 1.165) is 23.4 Å². The summed E-state index contributed by atoms with van der Waals surface area (Å²) in [6.07, 6.45) is 0.817. The predicted octanol–water partition coefficient (Wildman–Crippen LogP) is 1.95. The quantitative estimate of drug-likeness (QED) is 0.874. The van der Waals surface area contributed by atoms with Crippen molar-refractivity contribution in [2.45, 2.75) is 19.9 Å². The molecule has 20 heavy (non-hydrogen) atoms. The molecule has 0 saturated heterocycles. The van der Waals surface area contributed by atoms with Gasteiger partial charge in [0.2, 0.25) is 0 Å². The molecule has 0 unspecified atom stereocenters. The van der Waals surface area contributed by atoms with Gasteiger partial charge in [0.1, 0.15) is 5.69 Å². The van der Waals surface area contributed by atoms with Crippen molar-refractivity contribution >= 4 is 11.6 Å². The van der Waals surface area contributed by atoms with Gasteiger partial charge in [0.15, 0.2) is 0 Å². The molecular weight excluding hydrogens is 252 g/mol. The molecule has 0 fully saturated rings. The summed E-state index contributed by atoms with van der Waals surface area (Å²) in [5, 5.41) is 10.3. The number of amides is 1. The van der Waals surface area contributed by atoms with E-state index in [-0.39, 0.29) is 5.91 Å². The predicted molar refractivity (Wildman–Crippen MR) is 79.7 cm³/mol. The van der Waals surface area contributed by atoms with Crippen molar-refractivity contribution in [1.29, 1.82) is 0 Å². The molecule has 1 heterocycles. The molecule has 0 bridgehead atoms. The summed E-state index contributed by atoms with van der Waals surface area (Å²) in [6, 6.07) is 9.60. The van der Waals surface area contributed by atoms with E-state index in [0.29, 0.717) is 12.2 Å². The zero-order valence-electron chi connectivity index (χ0n) is 12.1. The Kier molecular flexibility index (Phi) is 4.53. The molecule has 106 valence electrons. The van der Waals surface area contributed by atoms with Crippen LogP contribution in [0, 0.1) is 0 Å². The topological polar surface area (TPSA) is 59.0 Å². The second kappa shape index (κ2) is 6.34. The first-order valence-electron chi connectivity index (χ1n) is 6.72. The van der Waals surface area contributed by atoms with Crippen molar-refractivity contribution in [3.63, 3.8) is 0 Å². The van der Waals surface area contributed by atoms with E-state index in [1.807, 2.05) is 44.3 Å². The summed E-state index contributed by atoms with van der Waals surface area (Å²) < 4.78 is 1.62. The van der Waals surface area contributed by atoms with E-state index in [2.05, 4.69) is 15.7 Å². The molecule has 1 aromatic heterocycles. The van der Waals surface area contributed by atoms with Gasteiger partial charge in [-0.2, -0.15) is 5.10 Å². The summed E-state index contributed by atoms with van der Waals surface area (Å²) in [7, 11) is 3.67. The van der Waals surface area contributed by atoms with Crippen LogP contribution in [0.15, 0.2) is 30.3 Å². The fourth-order valence-corrected chi connectivity index (χ4v) is 2.09. The molecule has 0 aliphatic heterocycles. The van der Waals surface area contributed by atoms with Crippen LogP contribution >= 0.6 is 0 Å². The largest absolute Gasteiger partial charge is 0.320 e. The Hall–Kier alpha value is -2.14. The van der Waals surface area contributed by atoms with Crippen molar-refractivity contribution in [2.24, 2.45) is 7.05 Å². The molecule has 5 heteroatoms. The van der Waals surface area contributed by atoms with Gasteiger partial charge in [0, 0.05) is 19.3 Å². The highest BCUT2D eigenvalue weighted by atomic mass is 16.2. The zero-order chi connectivity index (χ0) is 14.5. The Balaban J connectivity index is 2.21. The number of benzene rings is 1. The average Bonchev–Trinajstić information content (AvgIpc) is 2.82. The van der Waals surface area contributed by atoms with Gasteiger partial charge in [-0.3, -0.25) is 9.48 Å². The zero-order valence-corrected chi connectivity index (χ0v) is 12.1. The second-order valence-electron chi connectivity index (χ2n) is 4.64. The Morgan fingerprint density at radius 1 is 1.35 bits per heavy atom. The normalized spacial score (nSPS) is 10.6. The smallest absolute Gasteiger partial charge is 0.273 e. The highest BCUT2D eigenvalue weighted by Gasteiger charge is 2.14. The third-order valence-corrected chi connectivity index (χ3v) is 3.16. The molecule has 1 aromatic carbocycles. The third-order valence-electron chi connectivity index (χ3n) is 3.16. The number of carbonyl (C=O) groups excluding carboxylic acids is 1. The van der Waals surface area contributed by atoms with Gasteiger partial charge in [0.25, 0.3) is 5.91 Å². The summed E-state index contributed by atoms with van der Waals surface area (Å²) >= 11 is 0. The van der Waals surface area contributed by atoms with Crippen LogP contribution in [0.5, 0.6) is 0 Å². The fourth-order valence-electron chi connectivity index (χ4n) is 2.09. The lowest BCUT2D eigenvalue weighted by molar-refractivity contribution is 0.101. The molecule has 2 aromatic rings. The summed E-state index contributed by atoms with van der Waals surface area (Å²) in [5.41, 5.74) is 3.37. The van der Waals surface area contributed by atoms with Gasteiger partial charge in [-0.15, -0.1) is 0 Å². The lowest BCUT2D eigenvalue weighted by Gasteiger charge is -2.10. The van der Waals surface area contributed by atoms with Gasteiger partial charge in [-0.05, 0) is 31.2 Å². The van der Waals surface area contributed by atoms with Crippen LogP contribution in [-0.4, -0.2) is 22.7 Å². The Bertz CT molecular complexity index is 604. The number of aryl methyl sites for hydroxylation is 2. The van der Waals surface area contributed by atoms with E-state index >= 15 is 0 Å². The van der Waals surface area contributed by atoms with Crippen LogP contribution in [0.2, 0.25) is 0 Å². The first-order valence-corrected chi connectivity index (χ1v) is 6.72. The molecule has 2 N–H and O–H groups in total. The summed E-state index contributed by atoms with van der Waals surface area (Å²) in [5.74, 6) is -0.136. The van der Waals surface area contributed by atoms with Crippen molar-refractivity contribution < 1.29 is 4.79 Å². The minimum atomic E-state index is -0.136. The fraction of sp³-hybridized carbons (Fsp3) is 0.333. The van der Waals surface area contributed by atoms with Crippen LogP contribution in [-0.2, 0) is 20.0 Å². The maximum absolute atomic E-state index is 12.3. The maximum Gasteiger partial charge on any atom is 0.273 e. The molecule has 5 nitrogen and oxygen atoms in total. The second-order valence-corrected chi connectivity index (χ2v) is 4.64. The number of hydrogen-bond donors (Lipinski definition) is 2. The van der Waals surface area contributed by atoms with Gasteiger partial charge in [-0.25, -0.2) is 0 Å². The van der Waals surface area contributed by atoms with Crippen LogP contribution in [0.25, 0.3) is 0 Å². The van der Waals surface area contributed by atoms with Gasteiger partial charge in [-0.1, -0.05) is 25.1 Å². The summed E-state index contributed by atoms with van der Waals surface area (Å²) in [4.78, 5) is 12.3. The molecule has 1 amide bonds. The monoisotopic (exact) mass is 272 g/mol. The van der Waals surface area contributed by atoms with Crippen LogP contribution in [0.4, 0.5) is 5.69 Å². The van der Waals surface area contributed by atoms with E-state index < -0.39 is 0 Å². The number of carbonyl (C=O) groups is 1. The number of anilines is 1. The van der Waals surface area contributed by atoms with E-state index in [1.54, 1.807) is 11.7 Å². The molecule has 0 atom stereocenters. The number of nitrogens with one attached hydrogen (secondary N) is 2. The lowest BCUT2D eigenvalue weighted by Crippen LogP contribution is -2.18. The van der Waals surface area contributed by atoms with E-state index in [4.69, 9.17) is 0 Å². The number of hydrogen-bond acceptors (Lipinski definition) is 3. The van der Waals surface area contributed by atoms with Crippen LogP contribution in [0.3, 0.4) is 0 Å². The molecule has 2 rings (SSSR count). The van der Waals surface area contributed by atoms with Gasteiger partial charge >= 0.3 is 0 Å². The van der Waals surface area contributed by atoms with Crippen molar-refractivity contribution in [3.8, 4) is 0 Å². The van der Waals surface area contributed by atoms with Gasteiger partial charge < -0.3 is 10.6 Å². The highest BCUT2D eigenvalue weighted by molar-refractivity contribution is 6.03. The molecule has 0 radical (unpaired) electrons. The molecule has 0 saturated carbocycles. The molecule has 0 spiro atoms. The average molecular weight is 272 g/mol. The van der Waals surface area contributed by atoms with E-state index in [9.17, 15) is 4.79 Å².